The summed E-state index contributed by atoms with van der Waals surface area (Å²) in [5.74, 6) is 0.491. The number of carbonyl (C=O) groups is 1. The smallest absolute Gasteiger partial charge is 0.234 e. The third-order valence-corrected chi connectivity index (χ3v) is 2.31. The van der Waals surface area contributed by atoms with Gasteiger partial charge in [-0.15, -0.1) is 0 Å². The van der Waals surface area contributed by atoms with Crippen molar-refractivity contribution in [3.05, 3.63) is 29.8 Å². The van der Waals surface area contributed by atoms with E-state index in [1.54, 1.807) is 6.92 Å². The number of nitrogens with two attached hydrogens (primary N) is 1. The molecule has 1 amide bonds. The summed E-state index contributed by atoms with van der Waals surface area (Å²) in [7, 11) is 0. The van der Waals surface area contributed by atoms with E-state index < -0.39 is 0 Å². The molecule has 4 heteroatoms. The number of rotatable bonds is 6. The molecule has 0 spiro atoms. The van der Waals surface area contributed by atoms with E-state index in [4.69, 9.17) is 10.5 Å². The highest BCUT2D eigenvalue weighted by Crippen LogP contribution is 2.14. The van der Waals surface area contributed by atoms with Gasteiger partial charge in [-0.3, -0.25) is 4.79 Å². The van der Waals surface area contributed by atoms with Crippen LogP contribution in [0.2, 0.25) is 0 Å². The molecule has 1 atom stereocenters. The molecule has 0 fully saturated rings. The molecule has 0 bridgehead atoms. The minimum atomic E-state index is -0.348. The summed E-state index contributed by atoms with van der Waals surface area (Å²) in [6, 6.07) is 7.46. The molecule has 0 saturated carbocycles. The Balaban J connectivity index is 2.56. The van der Waals surface area contributed by atoms with Crippen LogP contribution in [0.15, 0.2) is 24.3 Å². The van der Waals surface area contributed by atoms with Crippen LogP contribution in [0, 0.1) is 0 Å². The highest BCUT2D eigenvalue weighted by Gasteiger charge is 2.07. The van der Waals surface area contributed by atoms with E-state index in [-0.39, 0.29) is 18.1 Å². The lowest BCUT2D eigenvalue weighted by molar-refractivity contribution is -0.119. The molecule has 17 heavy (non-hydrogen) atoms. The number of hydrogen-bond acceptors (Lipinski definition) is 3. The maximum absolute atomic E-state index is 10.9. The molecular weight excluding hydrogens is 216 g/mol. The number of nitrogens with one attached hydrogen (secondary N) is 1. The minimum Gasteiger partial charge on any atom is -0.491 e. The van der Waals surface area contributed by atoms with Gasteiger partial charge in [0.15, 0.2) is 0 Å². The first-order valence-corrected chi connectivity index (χ1v) is 5.77. The highest BCUT2D eigenvalue weighted by molar-refractivity contribution is 5.79. The molecule has 0 aliphatic rings. The minimum absolute atomic E-state index is 0.155. The van der Waals surface area contributed by atoms with Crippen molar-refractivity contribution in [2.45, 2.75) is 39.5 Å². The number of hydrogen-bond donors (Lipinski definition) is 2. The summed E-state index contributed by atoms with van der Waals surface area (Å²) in [5, 5.41) is 3.05. The van der Waals surface area contributed by atoms with Crippen LogP contribution >= 0.6 is 0 Å². The van der Waals surface area contributed by atoms with Crippen molar-refractivity contribution >= 4 is 5.91 Å². The van der Waals surface area contributed by atoms with Crippen molar-refractivity contribution in [1.82, 2.24) is 5.32 Å². The molecule has 1 rings (SSSR count). The summed E-state index contributed by atoms with van der Waals surface area (Å²) >= 11 is 0. The van der Waals surface area contributed by atoms with E-state index in [9.17, 15) is 4.79 Å². The Bertz CT molecular complexity index is 377. The van der Waals surface area contributed by atoms with Crippen LogP contribution < -0.4 is 15.8 Å². The topological polar surface area (TPSA) is 64.3 Å². The van der Waals surface area contributed by atoms with E-state index >= 15 is 0 Å². The van der Waals surface area contributed by atoms with Gasteiger partial charge in [0, 0.05) is 6.54 Å². The van der Waals surface area contributed by atoms with Gasteiger partial charge in [0.1, 0.15) is 5.75 Å². The first-order valence-electron chi connectivity index (χ1n) is 5.77. The lowest BCUT2D eigenvalue weighted by atomic mass is 10.2. The van der Waals surface area contributed by atoms with Crippen LogP contribution in [0.5, 0.6) is 5.75 Å². The van der Waals surface area contributed by atoms with E-state index in [0.717, 1.165) is 11.3 Å². The Labute approximate surface area is 102 Å². The molecular formula is C13H20N2O2. The summed E-state index contributed by atoms with van der Waals surface area (Å²) in [5.41, 5.74) is 6.24. The Hall–Kier alpha value is -1.55. The molecule has 0 saturated heterocycles. The van der Waals surface area contributed by atoms with Crippen molar-refractivity contribution in [1.29, 1.82) is 0 Å². The van der Waals surface area contributed by atoms with Crippen molar-refractivity contribution < 1.29 is 9.53 Å². The van der Waals surface area contributed by atoms with Gasteiger partial charge in [0.05, 0.1) is 12.1 Å². The fraction of sp³-hybridized carbons (Fsp3) is 0.462. The Morgan fingerprint density at radius 3 is 2.71 bits per heavy atom. The average molecular weight is 236 g/mol. The largest absolute Gasteiger partial charge is 0.491 e. The predicted octanol–water partition coefficient (Wildman–Crippen LogP) is 1.44. The van der Waals surface area contributed by atoms with Crippen molar-refractivity contribution in [2.75, 3.05) is 0 Å². The van der Waals surface area contributed by atoms with Gasteiger partial charge in [0.25, 0.3) is 0 Å². The van der Waals surface area contributed by atoms with Crippen molar-refractivity contribution in [3.8, 4) is 5.75 Å². The van der Waals surface area contributed by atoms with Gasteiger partial charge >= 0.3 is 0 Å². The fourth-order valence-electron chi connectivity index (χ4n) is 1.37. The van der Waals surface area contributed by atoms with Crippen LogP contribution in [-0.4, -0.2) is 18.1 Å². The number of amides is 1. The molecule has 0 aliphatic heterocycles. The summed E-state index contributed by atoms with van der Waals surface area (Å²) in [6.45, 7) is 6.32. The SMILES string of the molecule is CC(C)Oc1cccc(CNC(C)C(N)=O)c1. The van der Waals surface area contributed by atoms with E-state index in [0.29, 0.717) is 6.54 Å². The predicted molar refractivity (Wildman–Crippen MR) is 67.7 cm³/mol. The number of primary amides is 1. The number of carbonyl (C=O) groups excluding carboxylic acids is 1. The third kappa shape index (κ3) is 4.87. The monoisotopic (exact) mass is 236 g/mol. The maximum atomic E-state index is 10.9. The lowest BCUT2D eigenvalue weighted by Crippen LogP contribution is -2.38. The van der Waals surface area contributed by atoms with Gasteiger partial charge < -0.3 is 15.8 Å². The number of ether oxygens (including phenoxy) is 1. The summed E-state index contributed by atoms with van der Waals surface area (Å²) < 4.78 is 5.59. The maximum Gasteiger partial charge on any atom is 0.234 e. The molecule has 3 N–H and O–H groups in total. The quantitative estimate of drug-likeness (QED) is 0.785. The zero-order valence-electron chi connectivity index (χ0n) is 10.6. The zero-order valence-corrected chi connectivity index (χ0v) is 10.6. The second-order valence-corrected chi connectivity index (χ2v) is 4.32. The van der Waals surface area contributed by atoms with Crippen LogP contribution in [0.25, 0.3) is 0 Å². The lowest BCUT2D eigenvalue weighted by Gasteiger charge is -2.13. The Morgan fingerprint density at radius 1 is 1.41 bits per heavy atom. The number of benzene rings is 1. The van der Waals surface area contributed by atoms with Crippen LogP contribution in [0.3, 0.4) is 0 Å². The van der Waals surface area contributed by atoms with Crippen LogP contribution in [0.4, 0.5) is 0 Å². The van der Waals surface area contributed by atoms with E-state index in [2.05, 4.69) is 5.32 Å². The molecule has 0 aliphatic carbocycles. The summed E-state index contributed by atoms with van der Waals surface area (Å²) in [6.07, 6.45) is 0.155. The highest BCUT2D eigenvalue weighted by atomic mass is 16.5. The summed E-state index contributed by atoms with van der Waals surface area (Å²) in [4.78, 5) is 10.9. The van der Waals surface area contributed by atoms with E-state index in [1.165, 1.54) is 0 Å². The molecule has 0 heterocycles. The van der Waals surface area contributed by atoms with Gasteiger partial charge in [-0.25, -0.2) is 0 Å². The zero-order chi connectivity index (χ0) is 12.8. The molecule has 1 unspecified atom stereocenters. The molecule has 1 aromatic carbocycles. The fourth-order valence-corrected chi connectivity index (χ4v) is 1.37. The van der Waals surface area contributed by atoms with Gasteiger partial charge in [0.2, 0.25) is 5.91 Å². The Morgan fingerprint density at radius 2 is 2.12 bits per heavy atom. The second kappa shape index (κ2) is 6.25. The van der Waals surface area contributed by atoms with Crippen molar-refractivity contribution in [2.24, 2.45) is 5.73 Å². The standard InChI is InChI=1S/C13H20N2O2/c1-9(2)17-12-6-4-5-11(7-12)8-15-10(3)13(14)16/h4-7,9-10,15H,8H2,1-3H3,(H2,14,16). The Kier molecular flexibility index (Phi) is 4.97. The van der Waals surface area contributed by atoms with E-state index in [1.807, 2.05) is 38.1 Å². The third-order valence-electron chi connectivity index (χ3n) is 2.31. The molecule has 4 nitrogen and oxygen atoms in total. The van der Waals surface area contributed by atoms with Crippen molar-refractivity contribution in [3.63, 3.8) is 0 Å². The first-order chi connectivity index (χ1) is 7.99. The molecule has 0 radical (unpaired) electrons. The van der Waals surface area contributed by atoms with Crippen LogP contribution in [0.1, 0.15) is 26.3 Å². The van der Waals surface area contributed by atoms with Crippen LogP contribution in [-0.2, 0) is 11.3 Å². The van der Waals surface area contributed by atoms with Gasteiger partial charge in [-0.2, -0.15) is 0 Å². The second-order valence-electron chi connectivity index (χ2n) is 4.32. The average Bonchev–Trinajstić information content (AvgIpc) is 2.25. The molecule has 94 valence electrons. The molecule has 0 aromatic heterocycles. The van der Waals surface area contributed by atoms with Gasteiger partial charge in [-0.1, -0.05) is 12.1 Å². The molecule has 1 aromatic rings. The van der Waals surface area contributed by atoms with Gasteiger partial charge in [-0.05, 0) is 38.5 Å². The first kappa shape index (κ1) is 13.5. The normalized spacial score (nSPS) is 12.5.